The van der Waals surface area contributed by atoms with Gasteiger partial charge in [-0.15, -0.1) is 34.0 Å². The quantitative estimate of drug-likeness (QED) is 0.148. The molecule has 0 spiro atoms. The molecule has 4 aromatic heterocycles. The van der Waals surface area contributed by atoms with E-state index < -0.39 is 0 Å². The monoisotopic (exact) mass is 581 g/mol. The molecule has 0 saturated heterocycles. The van der Waals surface area contributed by atoms with Crippen LogP contribution in [0.2, 0.25) is 0 Å². The summed E-state index contributed by atoms with van der Waals surface area (Å²) < 4.78 is 0. The molecule has 1 aromatic carbocycles. The highest BCUT2D eigenvalue weighted by atomic mass is 32.1. The zero-order valence-corrected chi connectivity index (χ0v) is 24.6. The Kier molecular flexibility index (Phi) is 6.77. The normalized spacial score (nSPS) is 15.7. The summed E-state index contributed by atoms with van der Waals surface area (Å²) in [5, 5.41) is 2.12. The molecule has 7 rings (SSSR count). The third kappa shape index (κ3) is 5.00. The Morgan fingerprint density at radius 2 is 1.61 bits per heavy atom. The number of thiophene rings is 3. The van der Waals surface area contributed by atoms with Gasteiger partial charge in [-0.1, -0.05) is 85.2 Å². The van der Waals surface area contributed by atoms with Gasteiger partial charge < -0.3 is 0 Å². The van der Waals surface area contributed by atoms with Gasteiger partial charge in [-0.3, -0.25) is 0 Å². The molecule has 0 aliphatic heterocycles. The summed E-state index contributed by atoms with van der Waals surface area (Å²) in [5.74, 6) is 9.04. The summed E-state index contributed by atoms with van der Waals surface area (Å²) in [5.41, 5.74) is 5.17. The number of nitrogens with zero attached hydrogens (tertiary/aromatic N) is 3. The predicted molar refractivity (Wildman–Crippen MR) is 175 cm³/mol. The molecular weight excluding hydrogens is 559 g/mol. The number of aromatic nitrogens is 3. The second-order valence-electron chi connectivity index (χ2n) is 9.45. The second-order valence-corrected chi connectivity index (χ2v) is 12.6. The van der Waals surface area contributed by atoms with Crippen LogP contribution in [0.4, 0.5) is 0 Å². The van der Waals surface area contributed by atoms with Gasteiger partial charge in [-0.2, -0.15) is 0 Å². The van der Waals surface area contributed by atoms with Crippen molar-refractivity contribution in [3.05, 3.63) is 137 Å². The number of hydrogen-bond donors (Lipinski definition) is 0. The summed E-state index contributed by atoms with van der Waals surface area (Å²) >= 11 is 5.35. The van der Waals surface area contributed by atoms with Crippen LogP contribution in [0, 0.1) is 17.8 Å². The molecule has 0 saturated carbocycles. The summed E-state index contributed by atoms with van der Waals surface area (Å²) in [6.07, 6.45) is 10.1. The molecular formula is C35H23N3S3. The van der Waals surface area contributed by atoms with E-state index in [2.05, 4.69) is 78.4 Å². The van der Waals surface area contributed by atoms with Crippen LogP contribution in [-0.2, 0) is 0 Å². The van der Waals surface area contributed by atoms with E-state index in [4.69, 9.17) is 15.0 Å². The van der Waals surface area contributed by atoms with E-state index in [1.54, 1.807) is 28.7 Å². The molecule has 2 aliphatic carbocycles. The Bertz CT molecular complexity index is 1970. The van der Waals surface area contributed by atoms with Crippen LogP contribution >= 0.6 is 34.0 Å². The first kappa shape index (κ1) is 25.6. The fraction of sp³-hybridized carbons (Fsp3) is 0.0571. The topological polar surface area (TPSA) is 38.7 Å². The van der Waals surface area contributed by atoms with Gasteiger partial charge in [0.25, 0.3) is 0 Å². The van der Waals surface area contributed by atoms with Crippen molar-refractivity contribution in [3.63, 3.8) is 0 Å². The van der Waals surface area contributed by atoms with Crippen LogP contribution < -0.4 is 0 Å². The average Bonchev–Trinajstić information content (AvgIpc) is 3.52. The Morgan fingerprint density at radius 3 is 2.39 bits per heavy atom. The number of fused-ring (bicyclic) bond motifs is 1. The zero-order valence-electron chi connectivity index (χ0n) is 22.2. The van der Waals surface area contributed by atoms with Crippen LogP contribution in [0.3, 0.4) is 0 Å². The van der Waals surface area contributed by atoms with Gasteiger partial charge in [0.15, 0.2) is 17.5 Å². The number of allylic oxidation sites excluding steroid dienone is 9. The van der Waals surface area contributed by atoms with E-state index in [0.717, 1.165) is 27.2 Å². The van der Waals surface area contributed by atoms with Gasteiger partial charge in [0, 0.05) is 47.7 Å². The molecule has 0 fully saturated rings. The largest absolute Gasteiger partial charge is 0.208 e. The number of rotatable bonds is 6. The standard InChI is InChI=1S/C35H23N3S3/c1-3-22(4-2)33-36-34(23-10-6-5-7-11-23)38-35(37-33)27-13-8-12-25-26(32(25)27)17-15-24-16-18-30(40-24)31-20-19-29(41-31)28-14-9-21-39-28/h3-14,16,18-21,25H,1H2,2H3/b22-4+/t25-/m1/s1. The molecule has 5 aromatic rings. The highest BCUT2D eigenvalue weighted by molar-refractivity contribution is 7.26. The highest BCUT2D eigenvalue weighted by Crippen LogP contribution is 2.50. The molecule has 0 radical (unpaired) electrons. The lowest BCUT2D eigenvalue weighted by Gasteiger charge is -2.10. The van der Waals surface area contributed by atoms with Crippen molar-refractivity contribution in [3.8, 4) is 42.7 Å². The summed E-state index contributed by atoms with van der Waals surface area (Å²) in [4.78, 5) is 20.8. The van der Waals surface area contributed by atoms with Crippen molar-refractivity contribution < 1.29 is 0 Å². The van der Waals surface area contributed by atoms with Crippen LogP contribution in [0.15, 0.2) is 120 Å². The molecule has 196 valence electrons. The van der Waals surface area contributed by atoms with Crippen LogP contribution in [0.25, 0.3) is 42.0 Å². The van der Waals surface area contributed by atoms with Gasteiger partial charge >= 0.3 is 0 Å². The Labute approximate surface area is 251 Å². The fourth-order valence-corrected chi connectivity index (χ4v) is 7.60. The van der Waals surface area contributed by atoms with E-state index in [1.807, 2.05) is 54.7 Å². The van der Waals surface area contributed by atoms with E-state index in [1.165, 1.54) is 25.1 Å². The average molecular weight is 582 g/mol. The maximum absolute atomic E-state index is 4.90. The first-order valence-corrected chi connectivity index (χ1v) is 15.7. The van der Waals surface area contributed by atoms with Crippen molar-refractivity contribution in [2.45, 2.75) is 6.92 Å². The summed E-state index contributed by atoms with van der Waals surface area (Å²) in [7, 11) is 0. The van der Waals surface area contributed by atoms with Crippen molar-refractivity contribution in [2.24, 2.45) is 5.92 Å². The Hall–Kier alpha value is -4.41. The molecule has 0 unspecified atom stereocenters. The molecule has 3 nitrogen and oxygen atoms in total. The first-order valence-electron chi connectivity index (χ1n) is 13.2. The predicted octanol–water partition coefficient (Wildman–Crippen LogP) is 9.58. The smallest absolute Gasteiger partial charge is 0.164 e. The second kappa shape index (κ2) is 10.9. The van der Waals surface area contributed by atoms with E-state index in [9.17, 15) is 0 Å². The molecule has 41 heavy (non-hydrogen) atoms. The van der Waals surface area contributed by atoms with E-state index in [0.29, 0.717) is 17.5 Å². The fourth-order valence-electron chi connectivity index (χ4n) is 4.81. The van der Waals surface area contributed by atoms with Gasteiger partial charge in [0.05, 0.1) is 4.88 Å². The molecule has 0 amide bonds. The summed E-state index contributed by atoms with van der Waals surface area (Å²) in [6, 6.07) is 23.0. The van der Waals surface area contributed by atoms with E-state index >= 15 is 0 Å². The van der Waals surface area contributed by atoms with Gasteiger partial charge in [0.1, 0.15) is 0 Å². The highest BCUT2D eigenvalue weighted by Gasteiger charge is 2.39. The zero-order chi connectivity index (χ0) is 27.8. The van der Waals surface area contributed by atoms with Gasteiger partial charge in [0.2, 0.25) is 0 Å². The Morgan fingerprint density at radius 1 is 0.829 bits per heavy atom. The molecule has 0 N–H and O–H groups in total. The van der Waals surface area contributed by atoms with Crippen molar-refractivity contribution in [2.75, 3.05) is 0 Å². The van der Waals surface area contributed by atoms with Crippen molar-refractivity contribution in [1.29, 1.82) is 0 Å². The maximum atomic E-state index is 4.90. The van der Waals surface area contributed by atoms with Crippen LogP contribution in [0.1, 0.15) is 23.4 Å². The first-order chi connectivity index (χ1) is 20.2. The van der Waals surface area contributed by atoms with Crippen LogP contribution in [0.5, 0.6) is 0 Å². The SMILES string of the molecule is C=C/C(=C\C)c1nc(C2=CC=C[C@@H]3C(C#Cc4ccc(-c5ccc(-c6cccs6)s5)s4)=C23)nc(-c2ccccc2)n1. The van der Waals surface area contributed by atoms with Gasteiger partial charge in [-0.05, 0) is 48.2 Å². The minimum atomic E-state index is 0.216. The van der Waals surface area contributed by atoms with Gasteiger partial charge in [-0.25, -0.2) is 15.0 Å². The lowest BCUT2D eigenvalue weighted by Crippen LogP contribution is -2.05. The lowest BCUT2D eigenvalue weighted by atomic mass is 10.0. The lowest BCUT2D eigenvalue weighted by molar-refractivity contribution is 0.996. The molecule has 1 atom stereocenters. The molecule has 0 bridgehead atoms. The third-order valence-corrected chi connectivity index (χ3v) is 10.3. The molecule has 4 heterocycles. The molecule has 2 aliphatic rings. The maximum Gasteiger partial charge on any atom is 0.164 e. The van der Waals surface area contributed by atoms with Crippen LogP contribution in [-0.4, -0.2) is 15.0 Å². The van der Waals surface area contributed by atoms with E-state index in [-0.39, 0.29) is 5.92 Å². The van der Waals surface area contributed by atoms with Crippen molar-refractivity contribution >= 4 is 45.2 Å². The Balaban J connectivity index is 1.19. The van der Waals surface area contributed by atoms with Crippen molar-refractivity contribution in [1.82, 2.24) is 15.0 Å². The molecule has 6 heteroatoms. The number of hydrogen-bond acceptors (Lipinski definition) is 6. The third-order valence-electron chi connectivity index (χ3n) is 6.92. The minimum Gasteiger partial charge on any atom is -0.208 e. The number of benzene rings is 1. The minimum absolute atomic E-state index is 0.216. The summed E-state index contributed by atoms with van der Waals surface area (Å²) in [6.45, 7) is 5.92.